The van der Waals surface area contributed by atoms with Crippen LogP contribution < -0.4 is 10.9 Å². The second-order valence-electron chi connectivity index (χ2n) is 6.17. The maximum absolute atomic E-state index is 13.7. The van der Waals surface area contributed by atoms with Gasteiger partial charge in [-0.25, -0.2) is 18.2 Å². The summed E-state index contributed by atoms with van der Waals surface area (Å²) in [4.78, 5) is 17.6. The second-order valence-corrected chi connectivity index (χ2v) is 6.57. The van der Waals surface area contributed by atoms with Crippen LogP contribution in [-0.2, 0) is 0 Å². The third-order valence-electron chi connectivity index (χ3n) is 4.37. The number of benzene rings is 2. The summed E-state index contributed by atoms with van der Waals surface area (Å²) in [6, 6.07) is 7.00. The minimum absolute atomic E-state index is 0.0269. The van der Waals surface area contributed by atoms with Crippen molar-refractivity contribution in [1.29, 1.82) is 0 Å². The molecule has 1 aliphatic rings. The van der Waals surface area contributed by atoms with Crippen LogP contribution in [0, 0.1) is 11.6 Å². The lowest BCUT2D eigenvalue weighted by Gasteiger charge is -2.18. The van der Waals surface area contributed by atoms with Crippen molar-refractivity contribution in [3.8, 4) is 5.69 Å². The SMILES string of the molecule is O=c1c2c(Cl)cccc2nc([C@@H]2C[C@@H](F)CN2)n1-c1cc(F)cc(F)c1. The minimum atomic E-state index is -1.09. The van der Waals surface area contributed by atoms with E-state index in [9.17, 15) is 18.0 Å². The highest BCUT2D eigenvalue weighted by atomic mass is 35.5. The molecule has 26 heavy (non-hydrogen) atoms. The molecule has 2 atom stereocenters. The third kappa shape index (κ3) is 2.87. The van der Waals surface area contributed by atoms with E-state index in [4.69, 9.17) is 11.6 Å². The fourth-order valence-corrected chi connectivity index (χ4v) is 3.50. The molecule has 1 aromatic heterocycles. The quantitative estimate of drug-likeness (QED) is 0.738. The lowest BCUT2D eigenvalue weighted by Crippen LogP contribution is -2.29. The molecule has 0 bridgehead atoms. The van der Waals surface area contributed by atoms with Crippen molar-refractivity contribution in [3.05, 3.63) is 69.2 Å². The molecule has 1 saturated heterocycles. The summed E-state index contributed by atoms with van der Waals surface area (Å²) in [5, 5.41) is 3.27. The first-order chi connectivity index (χ1) is 12.4. The monoisotopic (exact) mass is 379 g/mol. The first-order valence-electron chi connectivity index (χ1n) is 7.99. The molecule has 0 unspecified atom stereocenters. The topological polar surface area (TPSA) is 46.9 Å². The molecule has 0 radical (unpaired) electrons. The molecule has 1 fully saturated rings. The van der Waals surface area contributed by atoms with Crippen molar-refractivity contribution in [2.45, 2.75) is 18.6 Å². The van der Waals surface area contributed by atoms with Gasteiger partial charge in [-0.2, -0.15) is 0 Å². The Morgan fingerprint density at radius 1 is 1.19 bits per heavy atom. The van der Waals surface area contributed by atoms with E-state index < -0.39 is 29.4 Å². The standard InChI is InChI=1S/C18H13ClF3N3O/c19-13-2-1-3-14-16(13)18(26)25(12-5-9(20)4-10(21)6-12)17(24-14)15-7-11(22)8-23-15/h1-6,11,15,23H,7-8H2/t11-,15+/m1/s1. The highest BCUT2D eigenvalue weighted by molar-refractivity contribution is 6.35. The molecule has 1 N–H and O–H groups in total. The van der Waals surface area contributed by atoms with E-state index in [0.29, 0.717) is 11.6 Å². The number of nitrogens with one attached hydrogen (secondary N) is 1. The molecule has 3 aromatic rings. The molecule has 2 aromatic carbocycles. The van der Waals surface area contributed by atoms with Crippen LogP contribution in [-0.4, -0.2) is 22.3 Å². The predicted molar refractivity (Wildman–Crippen MR) is 92.5 cm³/mol. The zero-order valence-corrected chi connectivity index (χ0v) is 14.1. The molecule has 0 saturated carbocycles. The third-order valence-corrected chi connectivity index (χ3v) is 4.68. The zero-order chi connectivity index (χ0) is 18.4. The normalized spacial score (nSPS) is 20.0. The molecule has 4 rings (SSSR count). The number of fused-ring (bicyclic) bond motifs is 1. The number of hydrogen-bond acceptors (Lipinski definition) is 3. The minimum Gasteiger partial charge on any atom is -0.304 e. The van der Waals surface area contributed by atoms with E-state index in [1.165, 1.54) is 6.07 Å². The number of halogens is 4. The van der Waals surface area contributed by atoms with Gasteiger partial charge in [-0.3, -0.25) is 9.36 Å². The molecular weight excluding hydrogens is 367 g/mol. The Hall–Kier alpha value is -2.38. The van der Waals surface area contributed by atoms with E-state index in [1.54, 1.807) is 12.1 Å². The molecule has 134 valence electrons. The maximum Gasteiger partial charge on any atom is 0.267 e. The van der Waals surface area contributed by atoms with Gasteiger partial charge in [0.1, 0.15) is 23.6 Å². The van der Waals surface area contributed by atoms with Gasteiger partial charge in [0, 0.05) is 19.0 Å². The van der Waals surface area contributed by atoms with E-state index >= 15 is 0 Å². The van der Waals surface area contributed by atoms with Crippen LogP contribution in [0.25, 0.3) is 16.6 Å². The van der Waals surface area contributed by atoms with Crippen LogP contribution in [0.15, 0.2) is 41.2 Å². The Kier molecular flexibility index (Phi) is 4.20. The summed E-state index contributed by atoms with van der Waals surface area (Å²) in [7, 11) is 0. The van der Waals surface area contributed by atoms with Crippen LogP contribution in [0.1, 0.15) is 18.3 Å². The largest absolute Gasteiger partial charge is 0.304 e. The summed E-state index contributed by atoms with van der Waals surface area (Å²) in [6.07, 6.45) is -0.985. The van der Waals surface area contributed by atoms with Crippen molar-refractivity contribution in [1.82, 2.24) is 14.9 Å². The number of hydrogen-bond donors (Lipinski definition) is 1. The Morgan fingerprint density at radius 2 is 1.92 bits per heavy atom. The number of nitrogens with zero attached hydrogens (tertiary/aromatic N) is 2. The van der Waals surface area contributed by atoms with Crippen LogP contribution in [0.2, 0.25) is 5.02 Å². The van der Waals surface area contributed by atoms with Crippen molar-refractivity contribution in [2.24, 2.45) is 0 Å². The van der Waals surface area contributed by atoms with Gasteiger partial charge in [-0.05, 0) is 24.3 Å². The van der Waals surface area contributed by atoms with Crippen LogP contribution in [0.3, 0.4) is 0 Å². The van der Waals surface area contributed by atoms with E-state index in [-0.39, 0.29) is 34.9 Å². The van der Waals surface area contributed by atoms with Crippen molar-refractivity contribution < 1.29 is 13.2 Å². The fraction of sp³-hybridized carbons (Fsp3) is 0.222. The van der Waals surface area contributed by atoms with Crippen LogP contribution in [0.4, 0.5) is 13.2 Å². The summed E-state index contributed by atoms with van der Waals surface area (Å²) in [5.41, 5.74) is -0.250. The van der Waals surface area contributed by atoms with Crippen LogP contribution in [0.5, 0.6) is 0 Å². The Balaban J connectivity index is 2.06. The first kappa shape index (κ1) is 17.1. The maximum atomic E-state index is 13.7. The van der Waals surface area contributed by atoms with Gasteiger partial charge in [0.2, 0.25) is 0 Å². The van der Waals surface area contributed by atoms with Gasteiger partial charge < -0.3 is 5.32 Å². The molecule has 4 nitrogen and oxygen atoms in total. The van der Waals surface area contributed by atoms with Gasteiger partial charge in [-0.1, -0.05) is 17.7 Å². The highest BCUT2D eigenvalue weighted by Crippen LogP contribution is 2.28. The van der Waals surface area contributed by atoms with E-state index in [0.717, 1.165) is 16.7 Å². The van der Waals surface area contributed by atoms with Crippen molar-refractivity contribution >= 4 is 22.5 Å². The Morgan fingerprint density at radius 3 is 2.58 bits per heavy atom. The molecule has 1 aliphatic heterocycles. The van der Waals surface area contributed by atoms with E-state index in [1.807, 2.05) is 0 Å². The van der Waals surface area contributed by atoms with Gasteiger partial charge in [-0.15, -0.1) is 0 Å². The summed E-state index contributed by atoms with van der Waals surface area (Å²) in [6.45, 7) is 0.117. The Labute approximate surface area is 151 Å². The van der Waals surface area contributed by atoms with Gasteiger partial charge in [0.15, 0.2) is 0 Å². The van der Waals surface area contributed by atoms with Crippen molar-refractivity contribution in [2.75, 3.05) is 6.54 Å². The van der Waals surface area contributed by atoms with Gasteiger partial charge in [0.05, 0.1) is 27.7 Å². The average molecular weight is 380 g/mol. The lowest BCUT2D eigenvalue weighted by atomic mass is 10.1. The summed E-state index contributed by atoms with van der Waals surface area (Å²) < 4.78 is 42.2. The van der Waals surface area contributed by atoms with Crippen LogP contribution >= 0.6 is 11.6 Å². The fourth-order valence-electron chi connectivity index (χ4n) is 3.25. The summed E-state index contributed by atoms with van der Waals surface area (Å²) in [5.74, 6) is -1.48. The molecule has 2 heterocycles. The number of aromatic nitrogens is 2. The predicted octanol–water partition coefficient (Wildman–Crippen LogP) is 3.69. The lowest BCUT2D eigenvalue weighted by molar-refractivity contribution is 0.354. The molecular formula is C18H13ClF3N3O. The second kappa shape index (κ2) is 6.41. The summed E-state index contributed by atoms with van der Waals surface area (Å²) >= 11 is 6.14. The smallest absolute Gasteiger partial charge is 0.267 e. The molecule has 0 spiro atoms. The van der Waals surface area contributed by atoms with Crippen molar-refractivity contribution in [3.63, 3.8) is 0 Å². The first-order valence-corrected chi connectivity index (χ1v) is 8.37. The highest BCUT2D eigenvalue weighted by Gasteiger charge is 2.30. The number of rotatable bonds is 2. The Bertz CT molecular complexity index is 1050. The molecule has 0 amide bonds. The zero-order valence-electron chi connectivity index (χ0n) is 13.3. The van der Waals surface area contributed by atoms with E-state index in [2.05, 4.69) is 10.3 Å². The van der Waals surface area contributed by atoms with Gasteiger partial charge in [0.25, 0.3) is 5.56 Å². The molecule has 8 heteroatoms. The number of alkyl halides is 1. The average Bonchev–Trinajstić information content (AvgIpc) is 3.00. The molecule has 0 aliphatic carbocycles. The van der Waals surface area contributed by atoms with Gasteiger partial charge >= 0.3 is 0 Å².